The summed E-state index contributed by atoms with van der Waals surface area (Å²) < 4.78 is 1.58. The monoisotopic (exact) mass is 596 g/mol. The van der Waals surface area contributed by atoms with Crippen LogP contribution in [0, 0.1) is 46.3 Å². The second-order valence-electron chi connectivity index (χ2n) is 11.0. The lowest BCUT2D eigenvalue weighted by Crippen LogP contribution is -2.07. The molecule has 222 valence electrons. The molecule has 0 saturated heterocycles. The van der Waals surface area contributed by atoms with E-state index in [1.807, 2.05) is 58.5 Å². The van der Waals surface area contributed by atoms with Crippen molar-refractivity contribution in [1.29, 1.82) is 10.5 Å². The Bertz CT molecular complexity index is 1980. The summed E-state index contributed by atoms with van der Waals surface area (Å²) in [6.07, 6.45) is 1.71. The van der Waals surface area contributed by atoms with Gasteiger partial charge in [0.25, 0.3) is 0 Å². The predicted molar refractivity (Wildman–Crippen MR) is 187 cm³/mol. The number of anilines is 2. The van der Waals surface area contributed by atoms with Crippen LogP contribution in [-0.4, -0.2) is 37.7 Å². The van der Waals surface area contributed by atoms with Crippen LogP contribution in [-0.2, 0) is 7.05 Å². The first-order chi connectivity index (χ1) is 22.2. The molecule has 0 bridgehead atoms. The zero-order valence-electron chi connectivity index (χ0n) is 26.5. The summed E-state index contributed by atoms with van der Waals surface area (Å²) in [5.41, 5.74) is 9.19. The van der Waals surface area contributed by atoms with Crippen LogP contribution < -0.4 is 9.80 Å². The smallest absolute Gasteiger partial charge is 0.177 e. The molecular weight excluding hydrogens is 564 g/mol. The topological polar surface area (TPSA) is 71.9 Å². The highest BCUT2D eigenvalue weighted by molar-refractivity contribution is 5.70. The highest BCUT2D eigenvalue weighted by Gasteiger charge is 2.12. The molecule has 0 aliphatic rings. The molecule has 1 aromatic heterocycles. The Kier molecular flexibility index (Phi) is 9.34. The van der Waals surface area contributed by atoms with E-state index in [0.29, 0.717) is 11.4 Å². The number of aromatic nitrogens is 2. The fourth-order valence-corrected chi connectivity index (χ4v) is 4.76. The molecule has 5 aromatic rings. The highest BCUT2D eigenvalue weighted by Crippen LogP contribution is 2.24. The minimum Gasteiger partial charge on any atom is -0.378 e. The van der Waals surface area contributed by atoms with Gasteiger partial charge in [0.1, 0.15) is 18.0 Å². The van der Waals surface area contributed by atoms with Crippen LogP contribution in [0.1, 0.15) is 28.3 Å². The predicted octanol–water partition coefficient (Wildman–Crippen LogP) is 7.12. The number of nitrogens with zero attached hydrogens (tertiary/aromatic N) is 6. The standard InChI is InChI=1S/C40H32N6/c1-44(2)36-22-18-34(19-23-36)32-14-10-29(11-15-32)6-8-31(26-40-43-38(27-41)39(28-42)46(40)5)9-7-30-12-16-33(17-13-30)35-20-24-37(25-21-35)45(3)4/h10-26H,1-5H3. The molecule has 0 unspecified atom stereocenters. The van der Waals surface area contributed by atoms with Gasteiger partial charge in [-0.2, -0.15) is 10.5 Å². The Morgan fingerprint density at radius 1 is 0.609 bits per heavy atom. The number of nitriles is 2. The van der Waals surface area contributed by atoms with Crippen LogP contribution in [0.4, 0.5) is 11.4 Å². The third-order valence-electron chi connectivity index (χ3n) is 7.50. The Hall–Kier alpha value is -6.47. The van der Waals surface area contributed by atoms with Crippen molar-refractivity contribution in [3.63, 3.8) is 0 Å². The van der Waals surface area contributed by atoms with E-state index in [0.717, 1.165) is 44.8 Å². The average molecular weight is 597 g/mol. The Labute approximate surface area is 271 Å². The molecule has 0 amide bonds. The van der Waals surface area contributed by atoms with Crippen molar-refractivity contribution in [3.8, 4) is 58.1 Å². The quantitative estimate of drug-likeness (QED) is 0.202. The van der Waals surface area contributed by atoms with E-state index < -0.39 is 0 Å². The molecule has 0 radical (unpaired) electrons. The summed E-state index contributed by atoms with van der Waals surface area (Å²) in [6.45, 7) is 0. The minimum atomic E-state index is 0.0694. The molecule has 0 spiro atoms. The molecular formula is C40H32N6. The van der Waals surface area contributed by atoms with Gasteiger partial charge in [0.15, 0.2) is 11.4 Å². The number of hydrogen-bond donors (Lipinski definition) is 0. The van der Waals surface area contributed by atoms with Gasteiger partial charge in [-0.05, 0) is 70.8 Å². The second kappa shape index (κ2) is 13.9. The first-order valence-corrected chi connectivity index (χ1v) is 14.6. The summed E-state index contributed by atoms with van der Waals surface area (Å²) in [4.78, 5) is 8.48. The zero-order valence-corrected chi connectivity index (χ0v) is 26.5. The van der Waals surface area contributed by atoms with Gasteiger partial charge in [-0.15, -0.1) is 0 Å². The van der Waals surface area contributed by atoms with Crippen molar-refractivity contribution < 1.29 is 0 Å². The number of hydrogen-bond acceptors (Lipinski definition) is 5. The van der Waals surface area contributed by atoms with Gasteiger partial charge in [-0.1, -0.05) is 72.2 Å². The van der Waals surface area contributed by atoms with E-state index in [4.69, 9.17) is 0 Å². The summed E-state index contributed by atoms with van der Waals surface area (Å²) in [7, 11) is 9.80. The van der Waals surface area contributed by atoms with E-state index in [2.05, 4.69) is 117 Å². The molecule has 1 heterocycles. The first kappa shape index (κ1) is 31.0. The van der Waals surface area contributed by atoms with Crippen molar-refractivity contribution in [2.24, 2.45) is 7.05 Å². The Morgan fingerprint density at radius 3 is 1.33 bits per heavy atom. The van der Waals surface area contributed by atoms with E-state index in [-0.39, 0.29) is 11.4 Å². The maximum atomic E-state index is 9.52. The van der Waals surface area contributed by atoms with Crippen LogP contribution in [0.15, 0.2) is 103 Å². The molecule has 0 aliphatic carbocycles. The maximum Gasteiger partial charge on any atom is 0.177 e. The van der Waals surface area contributed by atoms with Crippen LogP contribution in [0.3, 0.4) is 0 Å². The number of benzene rings is 4. The Balaban J connectivity index is 1.44. The molecule has 0 saturated carbocycles. The van der Waals surface area contributed by atoms with Crippen molar-refractivity contribution in [2.75, 3.05) is 38.0 Å². The van der Waals surface area contributed by atoms with Crippen molar-refractivity contribution in [2.45, 2.75) is 0 Å². The van der Waals surface area contributed by atoms with Gasteiger partial charge >= 0.3 is 0 Å². The lowest BCUT2D eigenvalue weighted by atomic mass is 10.0. The molecule has 0 atom stereocenters. The molecule has 0 fully saturated rings. The number of rotatable bonds is 5. The first-order valence-electron chi connectivity index (χ1n) is 14.6. The van der Waals surface area contributed by atoms with Gasteiger partial charge in [0.2, 0.25) is 0 Å². The fourth-order valence-electron chi connectivity index (χ4n) is 4.76. The van der Waals surface area contributed by atoms with Crippen molar-refractivity contribution in [3.05, 3.63) is 131 Å². The van der Waals surface area contributed by atoms with Gasteiger partial charge < -0.3 is 14.4 Å². The lowest BCUT2D eigenvalue weighted by molar-refractivity contribution is 0.881. The SMILES string of the molecule is CN(C)c1ccc(-c2ccc(C#CC(C#Cc3ccc(-c4ccc(N(C)C)cc4)cc3)=Cc3nc(C#N)c(C#N)n3C)cc2)cc1. The van der Waals surface area contributed by atoms with Crippen LogP contribution in [0.2, 0.25) is 0 Å². The Morgan fingerprint density at radius 2 is 1.00 bits per heavy atom. The van der Waals surface area contributed by atoms with Gasteiger partial charge in [-0.25, -0.2) is 4.98 Å². The third-order valence-corrected chi connectivity index (χ3v) is 7.50. The largest absolute Gasteiger partial charge is 0.378 e. The fraction of sp³-hybridized carbons (Fsp3) is 0.125. The summed E-state index contributed by atoms with van der Waals surface area (Å²) in [6, 6.07) is 37.0. The average Bonchev–Trinajstić information content (AvgIpc) is 3.39. The maximum absolute atomic E-state index is 9.52. The summed E-state index contributed by atoms with van der Waals surface area (Å²) in [5, 5.41) is 19.0. The number of imidazole rings is 1. The molecule has 4 aromatic carbocycles. The van der Waals surface area contributed by atoms with Crippen LogP contribution >= 0.6 is 0 Å². The molecule has 5 rings (SSSR count). The summed E-state index contributed by atoms with van der Waals surface area (Å²) >= 11 is 0. The third kappa shape index (κ3) is 7.18. The van der Waals surface area contributed by atoms with Gasteiger partial charge in [-0.3, -0.25) is 0 Å². The second-order valence-corrected chi connectivity index (χ2v) is 11.0. The highest BCUT2D eigenvalue weighted by atomic mass is 15.1. The van der Waals surface area contributed by atoms with Crippen molar-refractivity contribution >= 4 is 17.5 Å². The van der Waals surface area contributed by atoms with E-state index >= 15 is 0 Å². The van der Waals surface area contributed by atoms with Gasteiger partial charge in [0.05, 0.1) is 5.57 Å². The molecule has 0 N–H and O–H groups in total. The van der Waals surface area contributed by atoms with Crippen LogP contribution in [0.25, 0.3) is 28.3 Å². The van der Waals surface area contributed by atoms with E-state index in [1.54, 1.807) is 17.7 Å². The molecule has 6 nitrogen and oxygen atoms in total. The van der Waals surface area contributed by atoms with Crippen molar-refractivity contribution in [1.82, 2.24) is 9.55 Å². The normalized spacial score (nSPS) is 9.89. The minimum absolute atomic E-state index is 0.0694. The van der Waals surface area contributed by atoms with E-state index in [9.17, 15) is 10.5 Å². The molecule has 46 heavy (non-hydrogen) atoms. The molecule has 0 aliphatic heterocycles. The molecule has 6 heteroatoms. The van der Waals surface area contributed by atoms with Gasteiger partial charge in [0, 0.05) is 63.8 Å². The van der Waals surface area contributed by atoms with Crippen LogP contribution in [0.5, 0.6) is 0 Å². The van der Waals surface area contributed by atoms with E-state index in [1.165, 1.54) is 0 Å². The summed E-state index contributed by atoms with van der Waals surface area (Å²) in [5.74, 6) is 13.2. The number of allylic oxidation sites excluding steroid dienone is 1. The zero-order chi connectivity index (χ0) is 32.6. The lowest BCUT2D eigenvalue weighted by Gasteiger charge is -2.12.